The highest BCUT2D eigenvalue weighted by molar-refractivity contribution is 5.93. The van der Waals surface area contributed by atoms with Crippen molar-refractivity contribution in [2.24, 2.45) is 0 Å². The van der Waals surface area contributed by atoms with Crippen molar-refractivity contribution in [3.8, 4) is 11.4 Å². The predicted molar refractivity (Wildman–Crippen MR) is 103 cm³/mol. The molecule has 9 nitrogen and oxygen atoms in total. The molecule has 12 heteroatoms. The van der Waals surface area contributed by atoms with Crippen molar-refractivity contribution in [2.45, 2.75) is 13.1 Å². The van der Waals surface area contributed by atoms with Crippen molar-refractivity contribution in [1.82, 2.24) is 30.0 Å². The van der Waals surface area contributed by atoms with Gasteiger partial charge < -0.3 is 5.32 Å². The standard InChI is InChI=1S/C19H14F3N7O2/c1-10-16(29-15(25-10)8-12(9-24-29)19(20,21)22)14-6-7-23-18(27-14)26-13-4-2-11(3-5-13)17(30)28-31/h2-9,31H,1H3,(H,28,30)(H,23,26,27). The molecule has 0 bridgehead atoms. The van der Waals surface area contributed by atoms with Crippen LogP contribution in [0.25, 0.3) is 17.0 Å². The number of nitrogens with zero attached hydrogens (tertiary/aromatic N) is 5. The quantitative estimate of drug-likeness (QED) is 0.336. The third-order valence-electron chi connectivity index (χ3n) is 4.38. The lowest BCUT2D eigenvalue weighted by atomic mass is 10.2. The molecule has 0 spiro atoms. The molecule has 0 unspecified atom stereocenters. The minimum Gasteiger partial charge on any atom is -0.324 e. The Morgan fingerprint density at radius 1 is 1.13 bits per heavy atom. The van der Waals surface area contributed by atoms with Crippen molar-refractivity contribution in [2.75, 3.05) is 5.32 Å². The second-order valence-electron chi connectivity index (χ2n) is 6.47. The Morgan fingerprint density at radius 3 is 2.55 bits per heavy atom. The maximum Gasteiger partial charge on any atom is 0.418 e. The smallest absolute Gasteiger partial charge is 0.324 e. The molecule has 0 aliphatic carbocycles. The van der Waals surface area contributed by atoms with Crippen molar-refractivity contribution >= 4 is 23.2 Å². The molecule has 0 aliphatic heterocycles. The summed E-state index contributed by atoms with van der Waals surface area (Å²) >= 11 is 0. The molecule has 0 atom stereocenters. The minimum atomic E-state index is -4.52. The van der Waals surface area contributed by atoms with E-state index in [4.69, 9.17) is 5.21 Å². The van der Waals surface area contributed by atoms with Crippen LogP contribution in [-0.2, 0) is 6.18 Å². The van der Waals surface area contributed by atoms with Gasteiger partial charge in [-0.15, -0.1) is 0 Å². The summed E-state index contributed by atoms with van der Waals surface area (Å²) in [5, 5.41) is 15.5. The number of carbonyl (C=O) groups excluding carboxylic acids is 1. The minimum absolute atomic E-state index is 0.0493. The van der Waals surface area contributed by atoms with Gasteiger partial charge in [0.05, 0.1) is 23.1 Å². The first-order chi connectivity index (χ1) is 14.8. The predicted octanol–water partition coefficient (Wildman–Crippen LogP) is 3.38. The second-order valence-corrected chi connectivity index (χ2v) is 6.47. The van der Waals surface area contributed by atoms with Crippen molar-refractivity contribution in [3.63, 3.8) is 0 Å². The van der Waals surface area contributed by atoms with Gasteiger partial charge in [0.1, 0.15) is 5.69 Å². The van der Waals surface area contributed by atoms with Gasteiger partial charge in [-0.2, -0.15) is 18.3 Å². The Balaban J connectivity index is 1.66. The van der Waals surface area contributed by atoms with Crippen LogP contribution in [0.3, 0.4) is 0 Å². The summed E-state index contributed by atoms with van der Waals surface area (Å²) in [5.74, 6) is -0.424. The fraction of sp³-hybridized carbons (Fsp3) is 0.105. The van der Waals surface area contributed by atoms with E-state index in [0.717, 1.165) is 12.3 Å². The normalized spacial score (nSPS) is 11.5. The van der Waals surface area contributed by atoms with Gasteiger partial charge in [0.15, 0.2) is 5.65 Å². The van der Waals surface area contributed by atoms with Gasteiger partial charge in [-0.25, -0.2) is 24.9 Å². The molecule has 0 fully saturated rings. The van der Waals surface area contributed by atoms with Crippen LogP contribution in [0.15, 0.2) is 48.8 Å². The SMILES string of the molecule is Cc1nc2cc(C(F)(F)F)cnn2c1-c1ccnc(Nc2ccc(C(=O)NO)cc2)n1. The molecule has 1 amide bonds. The van der Waals surface area contributed by atoms with E-state index in [1.165, 1.54) is 22.8 Å². The number of hydrogen-bond acceptors (Lipinski definition) is 7. The van der Waals surface area contributed by atoms with Crippen molar-refractivity contribution < 1.29 is 23.2 Å². The average molecular weight is 429 g/mol. The van der Waals surface area contributed by atoms with Crippen LogP contribution >= 0.6 is 0 Å². The lowest BCUT2D eigenvalue weighted by Crippen LogP contribution is -2.18. The molecule has 4 aromatic rings. The van der Waals surface area contributed by atoms with E-state index in [1.54, 1.807) is 30.6 Å². The van der Waals surface area contributed by atoms with Crippen LogP contribution in [0.4, 0.5) is 24.8 Å². The lowest BCUT2D eigenvalue weighted by molar-refractivity contribution is -0.137. The number of amides is 1. The van der Waals surface area contributed by atoms with E-state index < -0.39 is 17.6 Å². The first-order valence-corrected chi connectivity index (χ1v) is 8.84. The number of halogens is 3. The molecule has 3 heterocycles. The van der Waals surface area contributed by atoms with E-state index in [2.05, 4.69) is 25.4 Å². The molecule has 0 saturated heterocycles. The molecule has 31 heavy (non-hydrogen) atoms. The molecule has 0 aliphatic rings. The molecule has 3 N–H and O–H groups in total. The highest BCUT2D eigenvalue weighted by Gasteiger charge is 2.32. The summed E-state index contributed by atoms with van der Waals surface area (Å²) < 4.78 is 40.2. The van der Waals surface area contributed by atoms with E-state index in [-0.39, 0.29) is 17.2 Å². The monoisotopic (exact) mass is 429 g/mol. The molecule has 0 radical (unpaired) electrons. The number of benzene rings is 1. The van der Waals surface area contributed by atoms with E-state index in [0.29, 0.717) is 22.8 Å². The number of hydroxylamine groups is 1. The van der Waals surface area contributed by atoms with Crippen LogP contribution in [0, 0.1) is 6.92 Å². The molecule has 4 rings (SSSR count). The summed E-state index contributed by atoms with van der Waals surface area (Å²) in [6.45, 7) is 1.65. The van der Waals surface area contributed by atoms with E-state index >= 15 is 0 Å². The van der Waals surface area contributed by atoms with E-state index in [9.17, 15) is 18.0 Å². The number of rotatable bonds is 4. The first-order valence-electron chi connectivity index (χ1n) is 8.84. The fourth-order valence-corrected chi connectivity index (χ4v) is 2.94. The second kappa shape index (κ2) is 7.65. The van der Waals surface area contributed by atoms with Crippen LogP contribution in [0.5, 0.6) is 0 Å². The van der Waals surface area contributed by atoms with Gasteiger partial charge in [0, 0.05) is 17.4 Å². The summed E-state index contributed by atoms with van der Waals surface area (Å²) in [4.78, 5) is 24.1. The van der Waals surface area contributed by atoms with Crippen LogP contribution < -0.4 is 10.8 Å². The van der Waals surface area contributed by atoms with Gasteiger partial charge in [-0.1, -0.05) is 0 Å². The van der Waals surface area contributed by atoms with Crippen molar-refractivity contribution in [1.29, 1.82) is 0 Å². The molecule has 1 aromatic carbocycles. The topological polar surface area (TPSA) is 117 Å². The highest BCUT2D eigenvalue weighted by atomic mass is 19.4. The number of aromatic nitrogens is 5. The third-order valence-corrected chi connectivity index (χ3v) is 4.38. The number of hydrogen-bond donors (Lipinski definition) is 3. The van der Waals surface area contributed by atoms with Crippen LogP contribution in [0.2, 0.25) is 0 Å². The Morgan fingerprint density at radius 2 is 1.87 bits per heavy atom. The van der Waals surface area contributed by atoms with Gasteiger partial charge >= 0.3 is 6.18 Å². The Hall–Kier alpha value is -4.06. The first kappa shape index (κ1) is 20.2. The number of fused-ring (bicyclic) bond motifs is 1. The van der Waals surface area contributed by atoms with Crippen LogP contribution in [0.1, 0.15) is 21.6 Å². The highest BCUT2D eigenvalue weighted by Crippen LogP contribution is 2.31. The Kier molecular flexibility index (Phi) is 4.99. The number of aryl methyl sites for hydroxylation is 1. The van der Waals surface area contributed by atoms with Crippen LogP contribution in [-0.4, -0.2) is 35.7 Å². The van der Waals surface area contributed by atoms with E-state index in [1.807, 2.05) is 0 Å². The molecule has 3 aromatic heterocycles. The average Bonchev–Trinajstić information content (AvgIpc) is 3.08. The number of imidazole rings is 1. The lowest BCUT2D eigenvalue weighted by Gasteiger charge is -2.08. The third kappa shape index (κ3) is 4.00. The number of anilines is 2. The zero-order valence-corrected chi connectivity index (χ0v) is 15.8. The van der Waals surface area contributed by atoms with Crippen molar-refractivity contribution in [3.05, 3.63) is 65.6 Å². The molecular weight excluding hydrogens is 415 g/mol. The Labute approximate surface area is 172 Å². The Bertz CT molecular complexity index is 1270. The fourth-order valence-electron chi connectivity index (χ4n) is 2.94. The molecule has 0 saturated carbocycles. The number of nitrogens with one attached hydrogen (secondary N) is 2. The van der Waals surface area contributed by atoms with Gasteiger partial charge in [0.2, 0.25) is 5.95 Å². The van der Waals surface area contributed by atoms with Gasteiger partial charge in [-0.3, -0.25) is 10.0 Å². The summed E-state index contributed by atoms with van der Waals surface area (Å²) in [5.41, 5.74) is 2.84. The maximum absolute atomic E-state index is 13.0. The summed E-state index contributed by atoms with van der Waals surface area (Å²) in [6, 6.07) is 8.70. The molecular formula is C19H14F3N7O2. The maximum atomic E-state index is 13.0. The molecule has 158 valence electrons. The van der Waals surface area contributed by atoms with Gasteiger partial charge in [0.25, 0.3) is 5.91 Å². The van der Waals surface area contributed by atoms with Gasteiger partial charge in [-0.05, 0) is 43.3 Å². The number of alkyl halides is 3. The largest absolute Gasteiger partial charge is 0.418 e. The zero-order chi connectivity index (χ0) is 22.2. The zero-order valence-electron chi connectivity index (χ0n) is 15.8. The number of carbonyl (C=O) groups is 1. The summed E-state index contributed by atoms with van der Waals surface area (Å²) in [6.07, 6.45) is -2.29. The summed E-state index contributed by atoms with van der Waals surface area (Å²) in [7, 11) is 0.